The minimum absolute atomic E-state index is 0.0412. The van der Waals surface area contributed by atoms with Gasteiger partial charge < -0.3 is 14.2 Å². The topological polar surface area (TPSA) is 27.7 Å². The van der Waals surface area contributed by atoms with Crippen molar-refractivity contribution >= 4 is 0 Å². The van der Waals surface area contributed by atoms with E-state index in [1.807, 2.05) is 18.2 Å². The van der Waals surface area contributed by atoms with E-state index in [0.29, 0.717) is 6.61 Å². The summed E-state index contributed by atoms with van der Waals surface area (Å²) in [6, 6.07) is 10.3. The third-order valence-electron chi connectivity index (χ3n) is 5.26. The first-order chi connectivity index (χ1) is 8.97. The summed E-state index contributed by atoms with van der Waals surface area (Å²) < 4.78 is 18.4. The Kier molecular flexibility index (Phi) is 2.13. The van der Waals surface area contributed by atoms with Crippen LogP contribution in [0.4, 0.5) is 0 Å². The van der Waals surface area contributed by atoms with Gasteiger partial charge in [0, 0.05) is 6.42 Å². The van der Waals surface area contributed by atoms with Crippen LogP contribution in [0.25, 0.3) is 0 Å². The average molecular weight is 260 g/mol. The van der Waals surface area contributed by atoms with E-state index in [2.05, 4.69) is 32.9 Å². The zero-order chi connectivity index (χ0) is 13.3. The molecule has 0 saturated carbocycles. The number of hydrogen-bond donors (Lipinski definition) is 0. The van der Waals surface area contributed by atoms with E-state index in [1.165, 1.54) is 5.56 Å². The van der Waals surface area contributed by atoms with E-state index in [1.54, 1.807) is 0 Å². The van der Waals surface area contributed by atoms with Crippen LogP contribution in [0.3, 0.4) is 0 Å². The van der Waals surface area contributed by atoms with Gasteiger partial charge in [0.1, 0.15) is 23.4 Å². The summed E-state index contributed by atoms with van der Waals surface area (Å²) >= 11 is 0. The summed E-state index contributed by atoms with van der Waals surface area (Å²) in [4.78, 5) is 0. The van der Waals surface area contributed by atoms with Gasteiger partial charge in [0.15, 0.2) is 0 Å². The lowest BCUT2D eigenvalue weighted by molar-refractivity contribution is -0.315. The fourth-order valence-electron chi connectivity index (χ4n) is 4.18. The molecule has 2 bridgehead atoms. The lowest BCUT2D eigenvalue weighted by Crippen LogP contribution is -2.74. The van der Waals surface area contributed by atoms with Crippen molar-refractivity contribution in [3.63, 3.8) is 0 Å². The first-order valence-corrected chi connectivity index (χ1v) is 7.00. The monoisotopic (exact) mass is 260 g/mol. The van der Waals surface area contributed by atoms with Gasteiger partial charge in [-0.15, -0.1) is 0 Å². The Morgan fingerprint density at radius 2 is 1.95 bits per heavy atom. The SMILES string of the molecule is CC12CC3(C)OC(C1OCc1ccccc1)C3(C)O2. The van der Waals surface area contributed by atoms with Crippen LogP contribution in [-0.2, 0) is 20.8 Å². The van der Waals surface area contributed by atoms with E-state index in [9.17, 15) is 0 Å². The maximum atomic E-state index is 6.26. The molecule has 1 aromatic carbocycles. The van der Waals surface area contributed by atoms with Gasteiger partial charge in [-0.2, -0.15) is 0 Å². The number of fused-ring (bicyclic) bond motifs is 1. The van der Waals surface area contributed by atoms with Gasteiger partial charge in [0.05, 0.1) is 12.2 Å². The summed E-state index contributed by atoms with van der Waals surface area (Å²) in [6.45, 7) is 7.10. The fourth-order valence-corrected chi connectivity index (χ4v) is 4.18. The smallest absolute Gasteiger partial charge is 0.124 e. The van der Waals surface area contributed by atoms with Crippen LogP contribution in [0.1, 0.15) is 32.8 Å². The molecule has 0 amide bonds. The molecule has 3 nitrogen and oxygen atoms in total. The molecule has 19 heavy (non-hydrogen) atoms. The van der Waals surface area contributed by atoms with Gasteiger partial charge in [0.2, 0.25) is 0 Å². The van der Waals surface area contributed by atoms with Crippen LogP contribution in [0.5, 0.6) is 0 Å². The quantitative estimate of drug-likeness (QED) is 0.836. The molecule has 0 spiro atoms. The number of benzene rings is 1. The molecule has 3 fully saturated rings. The highest BCUT2D eigenvalue weighted by Crippen LogP contribution is 2.66. The second kappa shape index (κ2) is 3.40. The molecule has 3 heterocycles. The lowest BCUT2D eigenvalue weighted by Gasteiger charge is -2.58. The van der Waals surface area contributed by atoms with Crippen molar-refractivity contribution in [1.82, 2.24) is 0 Å². The Morgan fingerprint density at radius 3 is 2.53 bits per heavy atom. The van der Waals surface area contributed by atoms with Crippen LogP contribution in [0, 0.1) is 0 Å². The van der Waals surface area contributed by atoms with E-state index >= 15 is 0 Å². The van der Waals surface area contributed by atoms with Gasteiger partial charge in [-0.25, -0.2) is 0 Å². The molecule has 5 atom stereocenters. The predicted octanol–water partition coefficient (Wildman–Crippen LogP) is 2.68. The van der Waals surface area contributed by atoms with Crippen molar-refractivity contribution in [2.24, 2.45) is 0 Å². The number of hydrogen-bond acceptors (Lipinski definition) is 3. The van der Waals surface area contributed by atoms with Crippen LogP contribution in [0.15, 0.2) is 30.3 Å². The Bertz CT molecular complexity index is 512. The average Bonchev–Trinajstić information content (AvgIpc) is 2.64. The molecular weight excluding hydrogens is 240 g/mol. The van der Waals surface area contributed by atoms with Gasteiger partial charge in [0.25, 0.3) is 0 Å². The Balaban J connectivity index is 1.52. The standard InChI is InChI=1S/C16H20O3/c1-14-10-15(2)16(3,19-14)13(18-15)12(14)17-9-11-7-5-4-6-8-11/h4-8,12-13H,9-10H2,1-3H3. The van der Waals surface area contributed by atoms with Crippen molar-refractivity contribution < 1.29 is 14.2 Å². The predicted molar refractivity (Wildman–Crippen MR) is 70.8 cm³/mol. The largest absolute Gasteiger partial charge is 0.368 e. The summed E-state index contributed by atoms with van der Waals surface area (Å²) in [5, 5.41) is 0. The Morgan fingerprint density at radius 1 is 1.21 bits per heavy atom. The van der Waals surface area contributed by atoms with E-state index < -0.39 is 0 Å². The third kappa shape index (κ3) is 1.33. The van der Waals surface area contributed by atoms with E-state index in [-0.39, 0.29) is 29.0 Å². The Hall–Kier alpha value is -0.900. The van der Waals surface area contributed by atoms with Crippen LogP contribution in [0.2, 0.25) is 0 Å². The molecular formula is C16H20O3. The summed E-state index contributed by atoms with van der Waals surface area (Å²) in [6.07, 6.45) is 1.05. The minimum Gasteiger partial charge on any atom is -0.368 e. The molecule has 3 heteroatoms. The molecule has 0 radical (unpaired) electrons. The zero-order valence-corrected chi connectivity index (χ0v) is 11.7. The molecule has 0 aromatic heterocycles. The maximum absolute atomic E-state index is 6.26. The van der Waals surface area contributed by atoms with Crippen molar-refractivity contribution in [2.75, 3.05) is 0 Å². The van der Waals surface area contributed by atoms with E-state index in [4.69, 9.17) is 14.2 Å². The molecule has 0 N–H and O–H groups in total. The van der Waals surface area contributed by atoms with Crippen molar-refractivity contribution in [3.05, 3.63) is 35.9 Å². The van der Waals surface area contributed by atoms with Crippen LogP contribution < -0.4 is 0 Å². The van der Waals surface area contributed by atoms with Gasteiger partial charge in [-0.1, -0.05) is 30.3 Å². The first kappa shape index (κ1) is 11.9. The summed E-state index contributed by atoms with van der Waals surface area (Å²) in [5.74, 6) is 0. The van der Waals surface area contributed by atoms with Crippen LogP contribution in [-0.4, -0.2) is 29.0 Å². The zero-order valence-electron chi connectivity index (χ0n) is 11.7. The molecule has 3 aliphatic rings. The number of ether oxygens (including phenoxy) is 3. The van der Waals surface area contributed by atoms with E-state index in [0.717, 1.165) is 6.42 Å². The molecule has 3 aliphatic heterocycles. The summed E-state index contributed by atoms with van der Waals surface area (Å²) in [5.41, 5.74) is 0.727. The highest BCUT2D eigenvalue weighted by Gasteiger charge is 2.82. The Labute approximate surface area is 113 Å². The second-order valence-electron chi connectivity index (χ2n) is 6.69. The van der Waals surface area contributed by atoms with Gasteiger partial charge >= 0.3 is 0 Å². The second-order valence-corrected chi connectivity index (χ2v) is 6.69. The minimum atomic E-state index is -0.193. The highest BCUT2D eigenvalue weighted by molar-refractivity contribution is 5.30. The first-order valence-electron chi connectivity index (χ1n) is 7.00. The van der Waals surface area contributed by atoms with Gasteiger partial charge in [-0.3, -0.25) is 0 Å². The van der Waals surface area contributed by atoms with Crippen molar-refractivity contribution in [2.45, 2.75) is 62.8 Å². The molecule has 102 valence electrons. The maximum Gasteiger partial charge on any atom is 0.124 e. The molecule has 3 saturated heterocycles. The summed E-state index contributed by atoms with van der Waals surface area (Å²) in [7, 11) is 0. The number of rotatable bonds is 3. The molecule has 4 rings (SSSR count). The van der Waals surface area contributed by atoms with Crippen LogP contribution >= 0.6 is 0 Å². The van der Waals surface area contributed by atoms with Crippen molar-refractivity contribution in [3.8, 4) is 0 Å². The fraction of sp³-hybridized carbons (Fsp3) is 0.625. The lowest BCUT2D eigenvalue weighted by atomic mass is 9.64. The van der Waals surface area contributed by atoms with Crippen molar-refractivity contribution in [1.29, 1.82) is 0 Å². The third-order valence-corrected chi connectivity index (χ3v) is 5.26. The molecule has 0 aliphatic carbocycles. The molecule has 5 unspecified atom stereocenters. The molecule has 1 aromatic rings. The highest BCUT2D eigenvalue weighted by atomic mass is 16.7. The normalized spacial score (nSPS) is 50.3. The van der Waals surface area contributed by atoms with Gasteiger partial charge in [-0.05, 0) is 26.3 Å².